The fraction of sp³-hybridized carbons (Fsp3) is 0.389. The van der Waals surface area contributed by atoms with Crippen LogP contribution in [0.25, 0.3) is 0 Å². The number of nitrogens with one attached hydrogen (secondary N) is 1. The van der Waals surface area contributed by atoms with E-state index in [0.29, 0.717) is 55.2 Å². The van der Waals surface area contributed by atoms with Crippen LogP contribution in [0.2, 0.25) is 5.02 Å². The van der Waals surface area contributed by atoms with Gasteiger partial charge in [-0.15, -0.1) is 0 Å². The van der Waals surface area contributed by atoms with Crippen LogP contribution in [0.1, 0.15) is 12.7 Å². The van der Waals surface area contributed by atoms with Gasteiger partial charge in [0, 0.05) is 32.2 Å². The van der Waals surface area contributed by atoms with Crippen LogP contribution >= 0.6 is 11.6 Å². The summed E-state index contributed by atoms with van der Waals surface area (Å²) in [6.45, 7) is 6.92. The Labute approximate surface area is 157 Å². The summed E-state index contributed by atoms with van der Waals surface area (Å²) in [7, 11) is 0. The van der Waals surface area contributed by atoms with Gasteiger partial charge in [0.05, 0.1) is 17.3 Å². The number of piperazine rings is 1. The normalized spacial score (nSPS) is 14.3. The van der Waals surface area contributed by atoms with Gasteiger partial charge < -0.3 is 19.9 Å². The predicted octanol–water partition coefficient (Wildman–Crippen LogP) is 3.19. The minimum atomic E-state index is -0.147. The molecule has 0 spiro atoms. The highest BCUT2D eigenvalue weighted by atomic mass is 35.5. The van der Waals surface area contributed by atoms with E-state index in [0.717, 1.165) is 5.82 Å². The molecule has 0 aliphatic carbocycles. The van der Waals surface area contributed by atoms with Crippen molar-refractivity contribution in [2.75, 3.05) is 43.0 Å². The average molecular weight is 376 g/mol. The Morgan fingerprint density at radius 2 is 1.96 bits per heavy atom. The number of nitrogens with zero attached hydrogens (tertiary/aromatic N) is 4. The quantitative estimate of drug-likeness (QED) is 0.888. The molecule has 138 valence electrons. The molecule has 26 heavy (non-hydrogen) atoms. The van der Waals surface area contributed by atoms with Crippen molar-refractivity contribution in [3.05, 3.63) is 41.2 Å². The Bertz CT molecular complexity index is 778. The number of carbonyl (C=O) groups is 1. The Balaban J connectivity index is 1.60. The SMILES string of the molecule is CCOc1cc(N2CCN(C(=O)Nc3ccccc3Cl)CC2)nc(C)n1. The van der Waals surface area contributed by atoms with Gasteiger partial charge in [-0.25, -0.2) is 9.78 Å². The minimum Gasteiger partial charge on any atom is -0.478 e. The molecule has 2 aromatic rings. The smallest absolute Gasteiger partial charge is 0.322 e. The molecule has 1 N–H and O–H groups in total. The van der Waals surface area contributed by atoms with Crippen molar-refractivity contribution in [2.24, 2.45) is 0 Å². The number of benzene rings is 1. The number of amides is 2. The van der Waals surface area contributed by atoms with Crippen molar-refractivity contribution in [1.82, 2.24) is 14.9 Å². The third kappa shape index (κ3) is 4.35. The highest BCUT2D eigenvalue weighted by molar-refractivity contribution is 6.33. The number of anilines is 2. The van der Waals surface area contributed by atoms with Gasteiger partial charge in [0.2, 0.25) is 5.88 Å². The van der Waals surface area contributed by atoms with Crippen LogP contribution in [-0.4, -0.2) is 53.7 Å². The highest BCUT2D eigenvalue weighted by Gasteiger charge is 2.23. The van der Waals surface area contributed by atoms with Gasteiger partial charge >= 0.3 is 6.03 Å². The second-order valence-electron chi connectivity index (χ2n) is 5.93. The second kappa shape index (κ2) is 8.23. The molecule has 1 fully saturated rings. The molecule has 1 aromatic heterocycles. The Hall–Kier alpha value is -2.54. The molecule has 2 amide bonds. The third-order valence-electron chi connectivity index (χ3n) is 4.10. The summed E-state index contributed by atoms with van der Waals surface area (Å²) >= 11 is 6.10. The van der Waals surface area contributed by atoms with Crippen LogP contribution < -0.4 is 15.0 Å². The maximum absolute atomic E-state index is 12.4. The summed E-state index contributed by atoms with van der Waals surface area (Å²) in [5, 5.41) is 3.39. The van der Waals surface area contributed by atoms with E-state index in [1.165, 1.54) is 0 Å². The lowest BCUT2D eigenvalue weighted by Gasteiger charge is -2.35. The molecule has 3 rings (SSSR count). The van der Waals surface area contributed by atoms with Gasteiger partial charge in [0.15, 0.2) is 0 Å². The summed E-state index contributed by atoms with van der Waals surface area (Å²) in [5.41, 5.74) is 0.620. The van der Waals surface area contributed by atoms with E-state index in [4.69, 9.17) is 16.3 Å². The Morgan fingerprint density at radius 1 is 1.23 bits per heavy atom. The first-order chi connectivity index (χ1) is 12.6. The van der Waals surface area contributed by atoms with Gasteiger partial charge in [-0.05, 0) is 26.0 Å². The third-order valence-corrected chi connectivity index (χ3v) is 4.43. The molecule has 1 aliphatic heterocycles. The highest BCUT2D eigenvalue weighted by Crippen LogP contribution is 2.22. The lowest BCUT2D eigenvalue weighted by molar-refractivity contribution is 0.208. The van der Waals surface area contributed by atoms with Gasteiger partial charge in [-0.2, -0.15) is 4.98 Å². The molecule has 0 atom stereocenters. The summed E-state index contributed by atoms with van der Waals surface area (Å²) in [6, 6.07) is 8.91. The summed E-state index contributed by atoms with van der Waals surface area (Å²) in [4.78, 5) is 25.1. The van der Waals surface area contributed by atoms with Crippen molar-refractivity contribution in [2.45, 2.75) is 13.8 Å². The molecule has 1 aliphatic rings. The number of rotatable bonds is 4. The van der Waals surface area contributed by atoms with E-state index < -0.39 is 0 Å². The van der Waals surface area contributed by atoms with Gasteiger partial charge in [0.25, 0.3) is 0 Å². The van der Waals surface area contributed by atoms with Crippen LogP contribution in [0.4, 0.5) is 16.3 Å². The van der Waals surface area contributed by atoms with E-state index >= 15 is 0 Å². The molecule has 1 aromatic carbocycles. The van der Waals surface area contributed by atoms with Crippen molar-refractivity contribution in [3.8, 4) is 5.88 Å². The first-order valence-electron chi connectivity index (χ1n) is 8.60. The van der Waals surface area contributed by atoms with Crippen molar-refractivity contribution >= 4 is 29.1 Å². The van der Waals surface area contributed by atoms with Crippen LogP contribution in [0.3, 0.4) is 0 Å². The summed E-state index contributed by atoms with van der Waals surface area (Å²) < 4.78 is 5.49. The zero-order valence-corrected chi connectivity index (χ0v) is 15.7. The number of para-hydroxylation sites is 1. The van der Waals surface area contributed by atoms with Crippen molar-refractivity contribution in [3.63, 3.8) is 0 Å². The van der Waals surface area contributed by atoms with Crippen LogP contribution in [-0.2, 0) is 0 Å². The maximum atomic E-state index is 12.4. The number of hydrogen-bond acceptors (Lipinski definition) is 5. The number of ether oxygens (including phenoxy) is 1. The Morgan fingerprint density at radius 3 is 2.65 bits per heavy atom. The molecular weight excluding hydrogens is 354 g/mol. The first-order valence-corrected chi connectivity index (χ1v) is 8.98. The predicted molar refractivity (Wildman–Crippen MR) is 102 cm³/mol. The number of urea groups is 1. The van der Waals surface area contributed by atoms with Crippen molar-refractivity contribution < 1.29 is 9.53 Å². The monoisotopic (exact) mass is 375 g/mol. The Kier molecular flexibility index (Phi) is 5.78. The summed E-state index contributed by atoms with van der Waals surface area (Å²) in [5.74, 6) is 2.07. The number of halogens is 1. The van der Waals surface area contributed by atoms with Crippen LogP contribution in [0.5, 0.6) is 5.88 Å². The average Bonchev–Trinajstić information content (AvgIpc) is 2.63. The zero-order valence-electron chi connectivity index (χ0n) is 14.9. The maximum Gasteiger partial charge on any atom is 0.322 e. The van der Waals surface area contributed by atoms with E-state index in [1.54, 1.807) is 17.0 Å². The molecule has 0 saturated carbocycles. The van der Waals surface area contributed by atoms with Crippen molar-refractivity contribution in [1.29, 1.82) is 0 Å². The fourth-order valence-electron chi connectivity index (χ4n) is 2.80. The molecule has 0 unspecified atom stereocenters. The standard InChI is InChI=1S/C18H22ClN5O2/c1-3-26-17-12-16(20-13(2)21-17)23-8-10-24(11-9-23)18(25)22-15-7-5-4-6-14(15)19/h4-7,12H,3,8-11H2,1-2H3,(H,22,25). The topological polar surface area (TPSA) is 70.6 Å². The largest absolute Gasteiger partial charge is 0.478 e. The summed E-state index contributed by atoms with van der Waals surface area (Å²) in [6.07, 6.45) is 0. The van der Waals surface area contributed by atoms with E-state index in [2.05, 4.69) is 20.2 Å². The van der Waals surface area contributed by atoms with E-state index in [9.17, 15) is 4.79 Å². The van der Waals surface area contributed by atoms with Gasteiger partial charge in [0.1, 0.15) is 11.6 Å². The lowest BCUT2D eigenvalue weighted by Crippen LogP contribution is -2.50. The van der Waals surface area contributed by atoms with Crippen LogP contribution in [0, 0.1) is 6.92 Å². The van der Waals surface area contributed by atoms with Gasteiger partial charge in [-0.1, -0.05) is 23.7 Å². The molecule has 0 radical (unpaired) electrons. The molecule has 7 nitrogen and oxygen atoms in total. The first kappa shape index (κ1) is 18.3. The molecule has 2 heterocycles. The zero-order chi connectivity index (χ0) is 18.5. The lowest BCUT2D eigenvalue weighted by atomic mass is 10.3. The fourth-order valence-corrected chi connectivity index (χ4v) is 2.99. The van der Waals surface area contributed by atoms with E-state index in [1.807, 2.05) is 32.0 Å². The molecule has 8 heteroatoms. The van der Waals surface area contributed by atoms with Crippen LogP contribution in [0.15, 0.2) is 30.3 Å². The number of carbonyl (C=O) groups excluding carboxylic acids is 1. The molecule has 1 saturated heterocycles. The molecule has 0 bridgehead atoms. The molecular formula is C18H22ClN5O2. The number of aryl methyl sites for hydroxylation is 1. The number of aromatic nitrogens is 2. The van der Waals surface area contributed by atoms with E-state index in [-0.39, 0.29) is 6.03 Å². The van der Waals surface area contributed by atoms with Gasteiger partial charge in [-0.3, -0.25) is 0 Å². The minimum absolute atomic E-state index is 0.147. The second-order valence-corrected chi connectivity index (χ2v) is 6.34. The number of hydrogen-bond donors (Lipinski definition) is 1.